The van der Waals surface area contributed by atoms with E-state index in [0.29, 0.717) is 11.3 Å². The van der Waals surface area contributed by atoms with E-state index in [1.807, 2.05) is 0 Å². The molecule has 0 spiro atoms. The Labute approximate surface area is 149 Å². The zero-order valence-electron chi connectivity index (χ0n) is 12.7. The van der Waals surface area contributed by atoms with Gasteiger partial charge >= 0.3 is 0 Å². The minimum atomic E-state index is -1.46. The first kappa shape index (κ1) is 16.8. The van der Waals surface area contributed by atoms with E-state index >= 15 is 0 Å². The lowest BCUT2D eigenvalue weighted by molar-refractivity contribution is 0.0588. The van der Waals surface area contributed by atoms with Gasteiger partial charge in [0.2, 0.25) is 0 Å². The first-order valence-corrected chi connectivity index (χ1v) is 7.98. The molecule has 4 nitrogen and oxygen atoms in total. The molecular weight excluding hydrogens is 351 g/mol. The number of hydrogen-bond acceptors (Lipinski definition) is 3. The SMILES string of the molecule is C[C@@]1(O)CN(C(=O)c2ccccc2)C(=S)N1c1ccc(F)cc1Cl. The highest BCUT2D eigenvalue weighted by Gasteiger charge is 2.46. The molecule has 0 aliphatic carbocycles. The van der Waals surface area contributed by atoms with Gasteiger partial charge in [-0.15, -0.1) is 0 Å². The van der Waals surface area contributed by atoms with Gasteiger partial charge in [0.05, 0.1) is 17.3 Å². The molecule has 1 atom stereocenters. The van der Waals surface area contributed by atoms with E-state index in [4.69, 9.17) is 23.8 Å². The van der Waals surface area contributed by atoms with Crippen molar-refractivity contribution in [2.24, 2.45) is 0 Å². The summed E-state index contributed by atoms with van der Waals surface area (Å²) in [6.45, 7) is 1.50. The van der Waals surface area contributed by atoms with Crippen molar-refractivity contribution in [3.05, 3.63) is 64.9 Å². The van der Waals surface area contributed by atoms with Crippen molar-refractivity contribution >= 4 is 40.5 Å². The predicted molar refractivity (Wildman–Crippen MR) is 94.6 cm³/mol. The van der Waals surface area contributed by atoms with Crippen molar-refractivity contribution < 1.29 is 14.3 Å². The smallest absolute Gasteiger partial charge is 0.260 e. The summed E-state index contributed by atoms with van der Waals surface area (Å²) in [5.41, 5.74) is -0.651. The summed E-state index contributed by atoms with van der Waals surface area (Å²) < 4.78 is 13.3. The summed E-state index contributed by atoms with van der Waals surface area (Å²) in [6, 6.07) is 12.4. The van der Waals surface area contributed by atoms with Crippen LogP contribution in [0.3, 0.4) is 0 Å². The summed E-state index contributed by atoms with van der Waals surface area (Å²) in [4.78, 5) is 15.3. The Bertz CT molecular complexity index is 813. The van der Waals surface area contributed by atoms with E-state index in [9.17, 15) is 14.3 Å². The number of thiocarbonyl (C=S) groups is 1. The van der Waals surface area contributed by atoms with Crippen molar-refractivity contribution in [2.75, 3.05) is 11.4 Å². The molecule has 2 aromatic rings. The molecule has 0 unspecified atom stereocenters. The van der Waals surface area contributed by atoms with Crippen LogP contribution in [-0.4, -0.2) is 33.3 Å². The number of aliphatic hydroxyl groups is 1. The lowest BCUT2D eigenvalue weighted by atomic mass is 10.2. The van der Waals surface area contributed by atoms with Crippen LogP contribution in [0.5, 0.6) is 0 Å². The van der Waals surface area contributed by atoms with E-state index in [0.717, 1.165) is 6.07 Å². The van der Waals surface area contributed by atoms with Gasteiger partial charge in [0.1, 0.15) is 5.82 Å². The fourth-order valence-corrected chi connectivity index (χ4v) is 3.38. The Morgan fingerprint density at radius 2 is 1.96 bits per heavy atom. The molecule has 1 aliphatic heterocycles. The molecular formula is C17H14ClFN2O2S. The summed E-state index contributed by atoms with van der Waals surface area (Å²) in [5, 5.41) is 10.9. The van der Waals surface area contributed by atoms with Gasteiger partial charge in [0.15, 0.2) is 10.8 Å². The second-order valence-corrected chi connectivity index (χ2v) is 6.46. The zero-order chi connectivity index (χ0) is 17.5. The molecule has 0 aromatic heterocycles. The summed E-state index contributed by atoms with van der Waals surface area (Å²) in [7, 11) is 0. The maximum atomic E-state index is 13.3. The molecule has 1 saturated heterocycles. The average Bonchev–Trinajstić information content (AvgIpc) is 2.78. The van der Waals surface area contributed by atoms with Crippen molar-refractivity contribution in [1.29, 1.82) is 0 Å². The van der Waals surface area contributed by atoms with E-state index in [2.05, 4.69) is 0 Å². The van der Waals surface area contributed by atoms with Crippen LogP contribution < -0.4 is 4.90 Å². The number of β-amino-alcohol motifs (C(OH)–C–C–N with tert-alkyl or cyclic N) is 1. The molecule has 0 saturated carbocycles. The third-order valence-electron chi connectivity index (χ3n) is 3.78. The normalized spacial score (nSPS) is 20.6. The fraction of sp³-hybridized carbons (Fsp3) is 0.176. The largest absolute Gasteiger partial charge is 0.369 e. The summed E-state index contributed by atoms with van der Waals surface area (Å²) >= 11 is 11.5. The first-order chi connectivity index (χ1) is 11.3. The predicted octanol–water partition coefficient (Wildman–Crippen LogP) is 3.43. The summed E-state index contributed by atoms with van der Waals surface area (Å²) in [5.74, 6) is -0.813. The van der Waals surface area contributed by atoms with Gasteiger partial charge in [0, 0.05) is 5.56 Å². The minimum absolute atomic E-state index is 0.0206. The molecule has 0 bridgehead atoms. The monoisotopic (exact) mass is 364 g/mol. The van der Waals surface area contributed by atoms with Crippen molar-refractivity contribution in [1.82, 2.24) is 4.90 Å². The van der Waals surface area contributed by atoms with E-state index in [1.54, 1.807) is 30.3 Å². The molecule has 1 fully saturated rings. The Balaban J connectivity index is 1.98. The van der Waals surface area contributed by atoms with Gasteiger partial charge in [-0.2, -0.15) is 0 Å². The molecule has 1 amide bonds. The molecule has 2 aromatic carbocycles. The number of rotatable bonds is 2. The maximum Gasteiger partial charge on any atom is 0.260 e. The van der Waals surface area contributed by atoms with Crippen LogP contribution in [-0.2, 0) is 0 Å². The number of halogens is 2. The lowest BCUT2D eigenvalue weighted by Gasteiger charge is -2.30. The van der Waals surface area contributed by atoms with Crippen LogP contribution in [0.1, 0.15) is 17.3 Å². The lowest BCUT2D eigenvalue weighted by Crippen LogP contribution is -2.44. The third kappa shape index (κ3) is 2.88. The van der Waals surface area contributed by atoms with Gasteiger partial charge in [-0.1, -0.05) is 29.8 Å². The number of hydrogen-bond donors (Lipinski definition) is 1. The molecule has 1 N–H and O–H groups in total. The first-order valence-electron chi connectivity index (χ1n) is 7.20. The number of amides is 1. The highest BCUT2D eigenvalue weighted by atomic mass is 35.5. The van der Waals surface area contributed by atoms with Crippen LogP contribution in [0.15, 0.2) is 48.5 Å². The maximum absolute atomic E-state index is 13.3. The standard InChI is InChI=1S/C17H14ClFN2O2S/c1-17(23)10-20(15(22)11-5-3-2-4-6-11)16(24)21(17)14-8-7-12(19)9-13(14)18/h2-9,23H,10H2,1H3/t17-/m1/s1. The average molecular weight is 365 g/mol. The molecule has 0 radical (unpaired) electrons. The quantitative estimate of drug-likeness (QED) is 0.829. The van der Waals surface area contributed by atoms with Gasteiger partial charge in [-0.25, -0.2) is 4.39 Å². The van der Waals surface area contributed by atoms with Crippen LogP contribution in [0.4, 0.5) is 10.1 Å². The molecule has 1 aliphatic rings. The van der Waals surface area contributed by atoms with Crippen molar-refractivity contribution in [2.45, 2.75) is 12.6 Å². The van der Waals surface area contributed by atoms with E-state index in [-0.39, 0.29) is 22.6 Å². The number of carbonyl (C=O) groups excluding carboxylic acids is 1. The van der Waals surface area contributed by atoms with Gasteiger partial charge < -0.3 is 5.11 Å². The Morgan fingerprint density at radius 3 is 2.58 bits per heavy atom. The van der Waals surface area contributed by atoms with E-state index < -0.39 is 11.5 Å². The molecule has 7 heteroatoms. The number of carbonyl (C=O) groups is 1. The van der Waals surface area contributed by atoms with Crippen LogP contribution in [0.25, 0.3) is 0 Å². The molecule has 24 heavy (non-hydrogen) atoms. The third-order valence-corrected chi connectivity index (χ3v) is 4.48. The van der Waals surface area contributed by atoms with Gasteiger partial charge in [-0.05, 0) is 49.5 Å². The zero-order valence-corrected chi connectivity index (χ0v) is 14.3. The highest BCUT2D eigenvalue weighted by molar-refractivity contribution is 7.80. The second-order valence-electron chi connectivity index (χ2n) is 5.69. The van der Waals surface area contributed by atoms with Crippen LogP contribution in [0, 0.1) is 5.82 Å². The highest BCUT2D eigenvalue weighted by Crippen LogP contribution is 2.36. The topological polar surface area (TPSA) is 43.8 Å². The van der Waals surface area contributed by atoms with Crippen LogP contribution >= 0.6 is 23.8 Å². The van der Waals surface area contributed by atoms with Gasteiger partial charge in [-0.3, -0.25) is 14.6 Å². The minimum Gasteiger partial charge on any atom is -0.369 e. The van der Waals surface area contributed by atoms with E-state index in [1.165, 1.54) is 28.9 Å². The molecule has 124 valence electrons. The van der Waals surface area contributed by atoms with Gasteiger partial charge in [0.25, 0.3) is 5.91 Å². The number of benzene rings is 2. The van der Waals surface area contributed by atoms with Crippen molar-refractivity contribution in [3.8, 4) is 0 Å². The fourth-order valence-electron chi connectivity index (χ4n) is 2.69. The van der Waals surface area contributed by atoms with Crippen LogP contribution in [0.2, 0.25) is 5.02 Å². The summed E-state index contributed by atoms with van der Waals surface area (Å²) in [6.07, 6.45) is 0. The Hall–Kier alpha value is -2.02. The number of nitrogens with zero attached hydrogens (tertiary/aromatic N) is 2. The number of anilines is 1. The molecule has 1 heterocycles. The molecule has 3 rings (SSSR count). The Morgan fingerprint density at radius 1 is 1.29 bits per heavy atom. The second kappa shape index (κ2) is 6.12. The Kier molecular flexibility index (Phi) is 4.29. The van der Waals surface area contributed by atoms with Crippen molar-refractivity contribution in [3.63, 3.8) is 0 Å².